The molecule has 7 heteroatoms. The molecule has 0 radical (unpaired) electrons. The van der Waals surface area contributed by atoms with E-state index in [-0.39, 0.29) is 0 Å². The minimum Gasteiger partial charge on any atom is -0.493 e. The molecule has 0 amide bonds. The maximum atomic E-state index is 6.06. The summed E-state index contributed by atoms with van der Waals surface area (Å²) < 4.78 is 16.0. The van der Waals surface area contributed by atoms with Gasteiger partial charge in [-0.3, -0.25) is 4.90 Å². The Balaban J connectivity index is 1.82. The number of nitrogens with zero attached hydrogens (tertiary/aromatic N) is 3. The molecule has 7 nitrogen and oxygen atoms in total. The third kappa shape index (κ3) is 3.72. The SMILES string of the molecule is CCN1CCN(Cc2noc(N)c2-c2ccc(OC)c(OC)c2)CC1. The van der Waals surface area contributed by atoms with Crippen LogP contribution in [-0.4, -0.2) is 61.9 Å². The Morgan fingerprint density at radius 1 is 1.08 bits per heavy atom. The van der Waals surface area contributed by atoms with E-state index in [9.17, 15) is 0 Å². The highest BCUT2D eigenvalue weighted by atomic mass is 16.5. The molecule has 1 aromatic heterocycles. The van der Waals surface area contributed by atoms with Gasteiger partial charge in [0.25, 0.3) is 0 Å². The molecule has 3 rings (SSSR count). The highest BCUT2D eigenvalue weighted by molar-refractivity contribution is 5.76. The van der Waals surface area contributed by atoms with Gasteiger partial charge in [0.05, 0.1) is 19.8 Å². The lowest BCUT2D eigenvalue weighted by Gasteiger charge is -2.33. The number of hydrogen-bond donors (Lipinski definition) is 1. The number of aromatic nitrogens is 1. The highest BCUT2D eigenvalue weighted by Gasteiger charge is 2.22. The molecular formula is C18H26N4O3. The van der Waals surface area contributed by atoms with Gasteiger partial charge in [-0.25, -0.2) is 0 Å². The number of methoxy groups -OCH3 is 2. The van der Waals surface area contributed by atoms with E-state index in [1.807, 2.05) is 18.2 Å². The number of piperazine rings is 1. The van der Waals surface area contributed by atoms with Crippen molar-refractivity contribution in [3.8, 4) is 22.6 Å². The smallest absolute Gasteiger partial charge is 0.230 e. The predicted molar refractivity (Wildman–Crippen MR) is 96.8 cm³/mol. The average molecular weight is 346 g/mol. The summed E-state index contributed by atoms with van der Waals surface area (Å²) in [5.74, 6) is 1.66. The van der Waals surface area contributed by atoms with E-state index in [4.69, 9.17) is 19.7 Å². The standard InChI is InChI=1S/C18H26N4O3/c1-4-21-7-9-22(10-8-21)12-14-17(18(19)25-20-14)13-5-6-15(23-2)16(11-13)24-3/h5-6,11H,4,7-10,12,19H2,1-3H3. The van der Waals surface area contributed by atoms with Crippen molar-refractivity contribution in [2.24, 2.45) is 0 Å². The van der Waals surface area contributed by atoms with Crippen LogP contribution in [0.3, 0.4) is 0 Å². The second kappa shape index (κ2) is 7.76. The minimum absolute atomic E-state index is 0.328. The van der Waals surface area contributed by atoms with Crippen molar-refractivity contribution >= 4 is 5.88 Å². The van der Waals surface area contributed by atoms with Crippen LogP contribution in [0, 0.1) is 0 Å². The number of benzene rings is 1. The maximum absolute atomic E-state index is 6.06. The molecule has 25 heavy (non-hydrogen) atoms. The first-order chi connectivity index (χ1) is 12.2. The number of rotatable bonds is 6. The molecular weight excluding hydrogens is 320 g/mol. The summed E-state index contributed by atoms with van der Waals surface area (Å²) in [6, 6.07) is 5.72. The molecule has 2 N–H and O–H groups in total. The van der Waals surface area contributed by atoms with Crippen molar-refractivity contribution in [1.29, 1.82) is 0 Å². The van der Waals surface area contributed by atoms with Crippen LogP contribution < -0.4 is 15.2 Å². The fourth-order valence-electron chi connectivity index (χ4n) is 3.22. The molecule has 1 fully saturated rings. The molecule has 1 aliphatic rings. The molecule has 0 aliphatic carbocycles. The molecule has 0 atom stereocenters. The molecule has 0 saturated carbocycles. The van der Waals surface area contributed by atoms with Gasteiger partial charge >= 0.3 is 0 Å². The lowest BCUT2D eigenvalue weighted by Crippen LogP contribution is -2.45. The Morgan fingerprint density at radius 2 is 1.76 bits per heavy atom. The highest BCUT2D eigenvalue weighted by Crippen LogP contribution is 2.36. The molecule has 2 aromatic rings. The van der Waals surface area contributed by atoms with Gasteiger partial charge in [-0.05, 0) is 24.2 Å². The van der Waals surface area contributed by atoms with Crippen molar-refractivity contribution in [1.82, 2.24) is 15.0 Å². The maximum Gasteiger partial charge on any atom is 0.230 e. The molecule has 1 aromatic carbocycles. The largest absolute Gasteiger partial charge is 0.493 e. The van der Waals surface area contributed by atoms with Crippen LogP contribution in [0.4, 0.5) is 5.88 Å². The topological polar surface area (TPSA) is 77.0 Å². The molecule has 0 bridgehead atoms. The van der Waals surface area contributed by atoms with Crippen LogP contribution >= 0.6 is 0 Å². The van der Waals surface area contributed by atoms with Crippen LogP contribution in [-0.2, 0) is 6.54 Å². The Morgan fingerprint density at radius 3 is 2.40 bits per heavy atom. The van der Waals surface area contributed by atoms with Gasteiger partial charge in [0.15, 0.2) is 11.5 Å². The Hall–Kier alpha value is -2.25. The number of ether oxygens (including phenoxy) is 2. The quantitative estimate of drug-likeness (QED) is 0.858. The first-order valence-corrected chi connectivity index (χ1v) is 8.57. The monoisotopic (exact) mass is 346 g/mol. The number of hydrogen-bond acceptors (Lipinski definition) is 7. The van der Waals surface area contributed by atoms with Gasteiger partial charge < -0.3 is 24.6 Å². The Kier molecular flexibility index (Phi) is 5.45. The number of nitrogens with two attached hydrogens (primary N) is 1. The molecule has 136 valence electrons. The molecule has 1 aliphatic heterocycles. The van der Waals surface area contributed by atoms with Crippen LogP contribution in [0.25, 0.3) is 11.1 Å². The van der Waals surface area contributed by atoms with E-state index >= 15 is 0 Å². The summed E-state index contributed by atoms with van der Waals surface area (Å²) >= 11 is 0. The van der Waals surface area contributed by atoms with Crippen LogP contribution in [0.15, 0.2) is 22.7 Å². The summed E-state index contributed by atoms with van der Waals surface area (Å²) in [6.45, 7) is 8.22. The lowest BCUT2D eigenvalue weighted by atomic mass is 10.0. The Bertz CT molecular complexity index is 708. The van der Waals surface area contributed by atoms with E-state index in [2.05, 4.69) is 21.9 Å². The van der Waals surface area contributed by atoms with Gasteiger partial charge in [-0.2, -0.15) is 0 Å². The Labute approximate surface area is 148 Å². The third-order valence-corrected chi connectivity index (χ3v) is 4.75. The zero-order chi connectivity index (χ0) is 17.8. The fourth-order valence-corrected chi connectivity index (χ4v) is 3.22. The van der Waals surface area contributed by atoms with Crippen molar-refractivity contribution < 1.29 is 14.0 Å². The van der Waals surface area contributed by atoms with Gasteiger partial charge in [0, 0.05) is 32.7 Å². The van der Waals surface area contributed by atoms with Crippen molar-refractivity contribution in [3.05, 3.63) is 23.9 Å². The zero-order valence-electron chi connectivity index (χ0n) is 15.1. The molecule has 0 spiro atoms. The number of likely N-dealkylation sites (N-methyl/N-ethyl adjacent to an activating group) is 1. The second-order valence-electron chi connectivity index (χ2n) is 6.15. The lowest BCUT2D eigenvalue weighted by molar-refractivity contribution is 0.130. The van der Waals surface area contributed by atoms with E-state index in [1.165, 1.54) is 0 Å². The first kappa shape index (κ1) is 17.6. The second-order valence-corrected chi connectivity index (χ2v) is 6.15. The molecule has 0 unspecified atom stereocenters. The van der Waals surface area contributed by atoms with Crippen LogP contribution in [0.2, 0.25) is 0 Å². The van der Waals surface area contributed by atoms with Gasteiger partial charge in [-0.15, -0.1) is 0 Å². The van der Waals surface area contributed by atoms with E-state index in [0.29, 0.717) is 17.4 Å². The predicted octanol–water partition coefficient (Wildman–Crippen LogP) is 2.08. The van der Waals surface area contributed by atoms with Gasteiger partial charge in [0.2, 0.25) is 5.88 Å². The van der Waals surface area contributed by atoms with Gasteiger partial charge in [-0.1, -0.05) is 18.1 Å². The van der Waals surface area contributed by atoms with E-state index in [1.54, 1.807) is 14.2 Å². The average Bonchev–Trinajstić information content (AvgIpc) is 3.02. The van der Waals surface area contributed by atoms with E-state index < -0.39 is 0 Å². The normalized spacial score (nSPS) is 16.1. The van der Waals surface area contributed by atoms with Crippen molar-refractivity contribution in [2.75, 3.05) is 52.7 Å². The van der Waals surface area contributed by atoms with E-state index in [0.717, 1.165) is 56.1 Å². The van der Waals surface area contributed by atoms with Crippen LogP contribution in [0.5, 0.6) is 11.5 Å². The first-order valence-electron chi connectivity index (χ1n) is 8.57. The summed E-state index contributed by atoms with van der Waals surface area (Å²) in [5.41, 5.74) is 8.66. The summed E-state index contributed by atoms with van der Waals surface area (Å²) in [5, 5.41) is 4.20. The number of nitrogen functional groups attached to an aromatic ring is 1. The molecule has 2 heterocycles. The number of anilines is 1. The minimum atomic E-state index is 0.328. The molecule has 1 saturated heterocycles. The fraction of sp³-hybridized carbons (Fsp3) is 0.500. The summed E-state index contributed by atoms with van der Waals surface area (Å²) in [7, 11) is 3.24. The van der Waals surface area contributed by atoms with Gasteiger partial charge in [0.1, 0.15) is 5.69 Å². The summed E-state index contributed by atoms with van der Waals surface area (Å²) in [6.07, 6.45) is 0. The third-order valence-electron chi connectivity index (χ3n) is 4.75. The van der Waals surface area contributed by atoms with Crippen molar-refractivity contribution in [2.45, 2.75) is 13.5 Å². The van der Waals surface area contributed by atoms with Crippen molar-refractivity contribution in [3.63, 3.8) is 0 Å². The zero-order valence-corrected chi connectivity index (χ0v) is 15.1. The summed E-state index contributed by atoms with van der Waals surface area (Å²) in [4.78, 5) is 4.83. The van der Waals surface area contributed by atoms with Crippen LogP contribution in [0.1, 0.15) is 12.6 Å².